The van der Waals surface area contributed by atoms with Crippen molar-refractivity contribution in [1.29, 1.82) is 0 Å². The molecule has 1 aromatic heterocycles. The van der Waals surface area contributed by atoms with E-state index in [1.54, 1.807) is 26.8 Å². The second-order valence-electron chi connectivity index (χ2n) is 9.74. The van der Waals surface area contributed by atoms with Gasteiger partial charge in [-0.1, -0.05) is 12.1 Å². The third kappa shape index (κ3) is 5.54. The molecule has 3 amide bonds. The monoisotopic (exact) mass is 535 g/mol. The van der Waals surface area contributed by atoms with Gasteiger partial charge >= 0.3 is 12.2 Å². The molecule has 0 bridgehead atoms. The summed E-state index contributed by atoms with van der Waals surface area (Å²) in [6, 6.07) is 7.68. The first-order valence-corrected chi connectivity index (χ1v) is 12.7. The zero-order chi connectivity index (χ0) is 26.9. The van der Waals surface area contributed by atoms with Crippen LogP contribution in [-0.2, 0) is 17.5 Å². The molecule has 204 valence electrons. The number of halogens is 4. The maximum atomic E-state index is 14.3. The number of nitrogens with zero attached hydrogens (tertiary/aromatic N) is 5. The molecule has 3 aliphatic rings. The number of carbonyl (C=O) groups excluding carboxylic acids is 2. The lowest BCUT2D eigenvalue weighted by Crippen LogP contribution is -2.47. The van der Waals surface area contributed by atoms with Crippen molar-refractivity contribution >= 4 is 17.8 Å². The van der Waals surface area contributed by atoms with Gasteiger partial charge in [0.05, 0.1) is 18.8 Å². The van der Waals surface area contributed by atoms with Crippen molar-refractivity contribution in [2.45, 2.75) is 31.6 Å². The minimum atomic E-state index is -4.65. The third-order valence-corrected chi connectivity index (χ3v) is 7.35. The van der Waals surface area contributed by atoms with E-state index in [0.717, 1.165) is 5.56 Å². The van der Waals surface area contributed by atoms with E-state index in [2.05, 4.69) is 4.98 Å². The van der Waals surface area contributed by atoms with Crippen LogP contribution in [0.5, 0.6) is 0 Å². The number of benzene rings is 1. The van der Waals surface area contributed by atoms with Gasteiger partial charge in [0.1, 0.15) is 0 Å². The Hall–Kier alpha value is -3.41. The molecule has 5 rings (SSSR count). The van der Waals surface area contributed by atoms with Gasteiger partial charge in [0.15, 0.2) is 11.6 Å². The van der Waals surface area contributed by atoms with Gasteiger partial charge in [0, 0.05) is 63.6 Å². The number of amides is 3. The number of ether oxygens (including phenoxy) is 1. The summed E-state index contributed by atoms with van der Waals surface area (Å²) >= 11 is 0. The van der Waals surface area contributed by atoms with Crippen molar-refractivity contribution in [1.82, 2.24) is 19.7 Å². The van der Waals surface area contributed by atoms with Crippen LogP contribution in [0.2, 0.25) is 0 Å². The van der Waals surface area contributed by atoms with E-state index >= 15 is 0 Å². The molecule has 38 heavy (non-hydrogen) atoms. The van der Waals surface area contributed by atoms with Gasteiger partial charge in [0.2, 0.25) is 0 Å². The lowest BCUT2D eigenvalue weighted by Gasteiger charge is -2.37. The van der Waals surface area contributed by atoms with E-state index in [9.17, 15) is 27.2 Å². The first-order chi connectivity index (χ1) is 18.2. The van der Waals surface area contributed by atoms with Crippen molar-refractivity contribution in [3.05, 3.63) is 59.0 Å². The van der Waals surface area contributed by atoms with Crippen molar-refractivity contribution in [3.8, 4) is 0 Å². The Morgan fingerprint density at radius 2 is 1.68 bits per heavy atom. The predicted octanol–water partition coefficient (Wildman–Crippen LogP) is 3.62. The fourth-order valence-corrected chi connectivity index (χ4v) is 5.22. The highest BCUT2D eigenvalue weighted by Crippen LogP contribution is 2.32. The normalized spacial score (nSPS) is 19.4. The molecule has 0 radical (unpaired) electrons. The predicted molar refractivity (Wildman–Crippen MR) is 130 cm³/mol. The molecule has 0 saturated carbocycles. The maximum absolute atomic E-state index is 14.3. The number of carbonyl (C=O) groups is 2. The Kier molecular flexibility index (Phi) is 7.42. The topological polar surface area (TPSA) is 69.2 Å². The van der Waals surface area contributed by atoms with Crippen LogP contribution < -0.4 is 4.90 Å². The summed E-state index contributed by atoms with van der Waals surface area (Å²) in [5.74, 6) is -1.12. The van der Waals surface area contributed by atoms with E-state index < -0.39 is 17.6 Å². The standard InChI is InChI=1S/C26H29F4N5O3/c27-22-15-20(26(28,29)30)16-31-23(22)32-7-5-21(6-8-32)35-10-9-34(25(35)37)17-18-1-3-19(4-2-18)24(36)33-11-13-38-14-12-33/h1-4,15-16,21H,5-14,17H2. The van der Waals surface area contributed by atoms with E-state index in [-0.39, 0.29) is 23.8 Å². The smallest absolute Gasteiger partial charge is 0.378 e. The molecule has 3 aliphatic heterocycles. The minimum absolute atomic E-state index is 0.0269. The number of urea groups is 1. The van der Waals surface area contributed by atoms with Gasteiger partial charge in [-0.3, -0.25) is 4.79 Å². The fraction of sp³-hybridized carbons (Fsp3) is 0.500. The average Bonchev–Trinajstić information content (AvgIpc) is 3.28. The fourth-order valence-electron chi connectivity index (χ4n) is 5.22. The Bertz CT molecular complexity index is 1160. The van der Waals surface area contributed by atoms with E-state index in [0.29, 0.717) is 89.7 Å². The summed E-state index contributed by atoms with van der Waals surface area (Å²) < 4.78 is 58.1. The number of anilines is 1. The zero-order valence-electron chi connectivity index (χ0n) is 20.8. The van der Waals surface area contributed by atoms with Gasteiger partial charge in [-0.25, -0.2) is 14.2 Å². The van der Waals surface area contributed by atoms with Crippen molar-refractivity contribution < 1.29 is 31.9 Å². The van der Waals surface area contributed by atoms with Crippen LogP contribution in [0.15, 0.2) is 36.5 Å². The van der Waals surface area contributed by atoms with Gasteiger partial charge in [-0.15, -0.1) is 0 Å². The van der Waals surface area contributed by atoms with E-state index in [1.165, 1.54) is 0 Å². The molecule has 0 aliphatic carbocycles. The molecule has 8 nitrogen and oxygen atoms in total. The molecule has 0 unspecified atom stereocenters. The van der Waals surface area contributed by atoms with Crippen LogP contribution >= 0.6 is 0 Å². The lowest BCUT2D eigenvalue weighted by molar-refractivity contribution is -0.138. The number of hydrogen-bond acceptors (Lipinski definition) is 5. The largest absolute Gasteiger partial charge is 0.417 e. The van der Waals surface area contributed by atoms with Gasteiger partial charge in [-0.05, 0) is 36.6 Å². The number of morpholine rings is 1. The summed E-state index contributed by atoms with van der Waals surface area (Å²) in [5, 5.41) is 0. The van der Waals surface area contributed by atoms with Crippen LogP contribution in [0.1, 0.15) is 34.3 Å². The highest BCUT2D eigenvalue weighted by molar-refractivity contribution is 5.94. The first-order valence-electron chi connectivity index (χ1n) is 12.7. The molecule has 4 heterocycles. The highest BCUT2D eigenvalue weighted by atomic mass is 19.4. The summed E-state index contributed by atoms with van der Waals surface area (Å²) in [6.07, 6.45) is -2.86. The van der Waals surface area contributed by atoms with Gasteiger partial charge in [-0.2, -0.15) is 13.2 Å². The minimum Gasteiger partial charge on any atom is -0.378 e. The average molecular weight is 536 g/mol. The van der Waals surface area contributed by atoms with E-state index in [4.69, 9.17) is 4.74 Å². The molecule has 12 heteroatoms. The number of pyridine rings is 1. The molecule has 2 aromatic rings. The molecule has 3 saturated heterocycles. The van der Waals surface area contributed by atoms with Gasteiger partial charge < -0.3 is 24.3 Å². The number of aromatic nitrogens is 1. The van der Waals surface area contributed by atoms with Crippen molar-refractivity contribution in [2.75, 3.05) is 57.4 Å². The van der Waals surface area contributed by atoms with Gasteiger partial charge in [0.25, 0.3) is 5.91 Å². The first kappa shape index (κ1) is 26.2. The Morgan fingerprint density at radius 3 is 2.32 bits per heavy atom. The quantitative estimate of drug-likeness (QED) is 0.548. The molecule has 3 fully saturated rings. The molecular weight excluding hydrogens is 506 g/mol. The van der Waals surface area contributed by atoms with E-state index in [1.807, 2.05) is 17.0 Å². The summed E-state index contributed by atoms with van der Waals surface area (Å²) in [6.45, 7) is 4.59. The molecule has 1 aromatic carbocycles. The maximum Gasteiger partial charge on any atom is 0.417 e. The molecule has 0 spiro atoms. The van der Waals surface area contributed by atoms with Crippen molar-refractivity contribution in [3.63, 3.8) is 0 Å². The SMILES string of the molecule is O=C(c1ccc(CN2CCN(C3CCN(c4ncc(C(F)(F)F)cc4F)CC3)C2=O)cc1)N1CCOCC1. The number of alkyl halides is 3. The molecular formula is C26H29F4N5O3. The molecule has 0 atom stereocenters. The number of hydrogen-bond donors (Lipinski definition) is 0. The second kappa shape index (κ2) is 10.8. The Labute approximate surface area is 217 Å². The summed E-state index contributed by atoms with van der Waals surface area (Å²) in [5.41, 5.74) is 0.419. The van der Waals surface area contributed by atoms with Crippen LogP contribution in [0, 0.1) is 5.82 Å². The zero-order valence-corrected chi connectivity index (χ0v) is 20.8. The Balaban J connectivity index is 1.14. The van der Waals surface area contributed by atoms with Crippen LogP contribution in [0.4, 0.5) is 28.2 Å². The summed E-state index contributed by atoms with van der Waals surface area (Å²) in [7, 11) is 0. The van der Waals surface area contributed by atoms with Crippen LogP contribution in [0.3, 0.4) is 0 Å². The van der Waals surface area contributed by atoms with Crippen LogP contribution in [0.25, 0.3) is 0 Å². The van der Waals surface area contributed by atoms with Crippen molar-refractivity contribution in [2.24, 2.45) is 0 Å². The highest BCUT2D eigenvalue weighted by Gasteiger charge is 2.37. The number of piperidine rings is 1. The lowest BCUT2D eigenvalue weighted by atomic mass is 10.0. The number of rotatable bonds is 5. The second-order valence-corrected chi connectivity index (χ2v) is 9.74. The summed E-state index contributed by atoms with van der Waals surface area (Å²) in [4.78, 5) is 36.5. The third-order valence-electron chi connectivity index (χ3n) is 7.35. The molecule has 0 N–H and O–H groups in total. The Morgan fingerprint density at radius 1 is 1.00 bits per heavy atom. The van der Waals surface area contributed by atoms with Crippen LogP contribution in [-0.4, -0.2) is 90.1 Å².